The summed E-state index contributed by atoms with van der Waals surface area (Å²) in [5, 5.41) is 17.2. The van der Waals surface area contributed by atoms with Crippen LogP contribution in [0.2, 0.25) is 0 Å². The zero-order valence-electron chi connectivity index (χ0n) is 28.7. The van der Waals surface area contributed by atoms with E-state index in [1.54, 1.807) is 66.8 Å². The number of piperidine rings is 1. The lowest BCUT2D eigenvalue weighted by atomic mass is 10.0. The van der Waals surface area contributed by atoms with Crippen LogP contribution in [0.15, 0.2) is 48.8 Å². The SMILES string of the molecule is Cc1cccnc1N(C(=O)c1ccc(-c2cnn(C)c2-c2nnn(C(C)OC(=O)C(C)C)n2)cc1)[C@@H]1CCCN(C(=O)OC(C)(C)C)C1. The Labute approximate surface area is 280 Å². The van der Waals surface area contributed by atoms with E-state index < -0.39 is 17.9 Å². The van der Waals surface area contributed by atoms with Crippen molar-refractivity contribution in [2.24, 2.45) is 13.0 Å². The predicted molar refractivity (Wildman–Crippen MR) is 178 cm³/mol. The Kier molecular flexibility index (Phi) is 9.92. The van der Waals surface area contributed by atoms with Crippen LogP contribution in [-0.2, 0) is 21.3 Å². The Morgan fingerprint density at radius 1 is 1.06 bits per heavy atom. The normalized spacial score (nSPS) is 15.7. The summed E-state index contributed by atoms with van der Waals surface area (Å²) in [5.74, 6) is -0.0114. The van der Waals surface area contributed by atoms with Crippen LogP contribution < -0.4 is 4.90 Å². The average Bonchev–Trinajstić information content (AvgIpc) is 3.68. The van der Waals surface area contributed by atoms with E-state index >= 15 is 0 Å². The molecule has 5 rings (SSSR count). The smallest absolute Gasteiger partial charge is 0.410 e. The number of anilines is 1. The highest BCUT2D eigenvalue weighted by molar-refractivity contribution is 6.06. The van der Waals surface area contributed by atoms with Crippen molar-refractivity contribution < 1.29 is 23.9 Å². The zero-order chi connectivity index (χ0) is 34.7. The van der Waals surface area contributed by atoms with E-state index in [-0.39, 0.29) is 23.8 Å². The molecule has 3 aromatic heterocycles. The molecular formula is C34H43N9O5. The van der Waals surface area contributed by atoms with E-state index in [9.17, 15) is 14.4 Å². The van der Waals surface area contributed by atoms with Gasteiger partial charge in [0.1, 0.15) is 17.1 Å². The summed E-state index contributed by atoms with van der Waals surface area (Å²) in [7, 11) is 1.78. The van der Waals surface area contributed by atoms with Gasteiger partial charge in [-0.25, -0.2) is 9.78 Å². The second-order valence-electron chi connectivity index (χ2n) is 13.3. The highest BCUT2D eigenvalue weighted by Gasteiger charge is 2.35. The van der Waals surface area contributed by atoms with Crippen molar-refractivity contribution in [1.82, 2.24) is 39.9 Å². The topological polar surface area (TPSA) is 150 Å². The van der Waals surface area contributed by atoms with Crippen LogP contribution in [0.4, 0.5) is 10.6 Å². The van der Waals surface area contributed by atoms with Gasteiger partial charge in [0.15, 0.2) is 0 Å². The van der Waals surface area contributed by atoms with Gasteiger partial charge in [0.25, 0.3) is 5.91 Å². The molecule has 1 aliphatic rings. The fourth-order valence-electron chi connectivity index (χ4n) is 5.49. The number of aryl methyl sites for hydroxylation is 2. The number of likely N-dealkylation sites (tertiary alicyclic amines) is 1. The lowest BCUT2D eigenvalue weighted by Gasteiger charge is -2.39. The van der Waals surface area contributed by atoms with E-state index in [0.717, 1.165) is 23.1 Å². The van der Waals surface area contributed by atoms with Gasteiger partial charge in [-0.3, -0.25) is 19.2 Å². The second kappa shape index (κ2) is 13.9. The Bertz CT molecular complexity index is 1770. The second-order valence-corrected chi connectivity index (χ2v) is 13.3. The third-order valence-corrected chi connectivity index (χ3v) is 7.95. The fraction of sp³-hybridized carbons (Fsp3) is 0.471. The molecule has 1 aromatic carbocycles. The van der Waals surface area contributed by atoms with Gasteiger partial charge in [-0.1, -0.05) is 32.0 Å². The molecule has 4 heterocycles. The van der Waals surface area contributed by atoms with Crippen LogP contribution in [0, 0.1) is 12.8 Å². The number of nitrogens with zero attached hydrogens (tertiary/aromatic N) is 9. The van der Waals surface area contributed by atoms with Crippen LogP contribution in [0.5, 0.6) is 0 Å². The van der Waals surface area contributed by atoms with E-state index in [2.05, 4.69) is 25.5 Å². The summed E-state index contributed by atoms with van der Waals surface area (Å²) >= 11 is 0. The van der Waals surface area contributed by atoms with Crippen LogP contribution in [0.3, 0.4) is 0 Å². The van der Waals surface area contributed by atoms with Crippen molar-refractivity contribution in [1.29, 1.82) is 0 Å². The summed E-state index contributed by atoms with van der Waals surface area (Å²) in [4.78, 5) is 48.6. The molecule has 2 amide bonds. The minimum Gasteiger partial charge on any atom is -0.444 e. The van der Waals surface area contributed by atoms with Gasteiger partial charge in [-0.15, -0.1) is 15.0 Å². The van der Waals surface area contributed by atoms with E-state index in [0.29, 0.717) is 42.4 Å². The number of amides is 2. The number of esters is 1. The minimum absolute atomic E-state index is 0.222. The van der Waals surface area contributed by atoms with Gasteiger partial charge in [-0.05, 0) is 82.0 Å². The van der Waals surface area contributed by atoms with Crippen LogP contribution in [-0.4, -0.2) is 82.6 Å². The van der Waals surface area contributed by atoms with Crippen molar-refractivity contribution in [2.75, 3.05) is 18.0 Å². The van der Waals surface area contributed by atoms with E-state index in [1.165, 1.54) is 4.80 Å². The molecule has 0 radical (unpaired) electrons. The highest BCUT2D eigenvalue weighted by atomic mass is 16.6. The van der Waals surface area contributed by atoms with Gasteiger partial charge in [0, 0.05) is 37.5 Å². The van der Waals surface area contributed by atoms with E-state index in [1.807, 2.05) is 52.0 Å². The minimum atomic E-state index is -0.741. The zero-order valence-corrected chi connectivity index (χ0v) is 28.7. The largest absolute Gasteiger partial charge is 0.444 e. The molecule has 0 saturated carbocycles. The third kappa shape index (κ3) is 7.53. The Balaban J connectivity index is 1.41. The summed E-state index contributed by atoms with van der Waals surface area (Å²) in [6, 6.07) is 10.7. The summed E-state index contributed by atoms with van der Waals surface area (Å²) < 4.78 is 12.7. The first-order chi connectivity index (χ1) is 22.7. The maximum atomic E-state index is 14.3. The molecule has 4 aromatic rings. The molecule has 0 bridgehead atoms. The van der Waals surface area contributed by atoms with Crippen LogP contribution in [0.25, 0.3) is 22.6 Å². The molecule has 0 spiro atoms. The number of hydrogen-bond acceptors (Lipinski definition) is 10. The number of rotatable bonds is 8. The molecule has 254 valence electrons. The first-order valence-electron chi connectivity index (χ1n) is 16.1. The van der Waals surface area contributed by atoms with Gasteiger partial charge in [-0.2, -0.15) is 5.10 Å². The number of carbonyl (C=O) groups is 3. The first kappa shape index (κ1) is 34.2. The van der Waals surface area contributed by atoms with Gasteiger partial charge < -0.3 is 14.4 Å². The Hall–Kier alpha value is -5.14. The van der Waals surface area contributed by atoms with Crippen molar-refractivity contribution in [2.45, 2.75) is 79.2 Å². The molecular weight excluding hydrogens is 614 g/mol. The first-order valence-corrected chi connectivity index (χ1v) is 16.1. The number of ether oxygens (including phenoxy) is 2. The third-order valence-electron chi connectivity index (χ3n) is 7.95. The summed E-state index contributed by atoms with van der Waals surface area (Å²) in [6.07, 6.45) is 3.67. The van der Waals surface area contributed by atoms with Crippen molar-refractivity contribution in [3.63, 3.8) is 0 Å². The van der Waals surface area contributed by atoms with Crippen molar-refractivity contribution in [3.8, 4) is 22.6 Å². The molecule has 0 aliphatic carbocycles. The lowest BCUT2D eigenvalue weighted by Crippen LogP contribution is -2.53. The number of carbonyl (C=O) groups excluding carboxylic acids is 3. The molecule has 1 unspecified atom stereocenters. The number of pyridine rings is 1. The summed E-state index contributed by atoms with van der Waals surface area (Å²) in [6.45, 7) is 13.5. The number of aromatic nitrogens is 7. The molecule has 48 heavy (non-hydrogen) atoms. The lowest BCUT2D eigenvalue weighted by molar-refractivity contribution is -0.158. The van der Waals surface area contributed by atoms with E-state index in [4.69, 9.17) is 9.47 Å². The van der Waals surface area contributed by atoms with Gasteiger partial charge in [0.2, 0.25) is 12.1 Å². The van der Waals surface area contributed by atoms with Crippen LogP contribution >= 0.6 is 0 Å². The highest BCUT2D eigenvalue weighted by Crippen LogP contribution is 2.32. The monoisotopic (exact) mass is 657 g/mol. The van der Waals surface area contributed by atoms with Crippen molar-refractivity contribution >= 4 is 23.8 Å². The molecule has 14 heteroatoms. The number of hydrogen-bond donors (Lipinski definition) is 0. The Morgan fingerprint density at radius 3 is 2.46 bits per heavy atom. The quantitative estimate of drug-likeness (QED) is 0.231. The maximum Gasteiger partial charge on any atom is 0.410 e. The fourth-order valence-corrected chi connectivity index (χ4v) is 5.49. The average molecular weight is 658 g/mol. The van der Waals surface area contributed by atoms with Crippen LogP contribution in [0.1, 0.15) is 76.5 Å². The predicted octanol–water partition coefficient (Wildman–Crippen LogP) is 5.21. The van der Waals surface area contributed by atoms with Gasteiger partial charge in [0.05, 0.1) is 18.2 Å². The summed E-state index contributed by atoms with van der Waals surface area (Å²) in [5.41, 5.74) is 2.83. The molecule has 2 atom stereocenters. The maximum absolute atomic E-state index is 14.3. The standard InChI is InChI=1S/C34H43N9O5/c1-21(2)32(45)47-23(4)43-38-29(37-39-43)28-27(19-36-40(28)8)24-13-15-25(16-14-24)31(44)42(30-22(3)11-9-17-35-30)26-12-10-18-41(20-26)33(46)48-34(5,6)7/h9,11,13-17,19,21,23,26H,10,12,18,20H2,1-8H3/t23?,26-/m1/s1. The number of benzene rings is 1. The van der Waals surface area contributed by atoms with Crippen molar-refractivity contribution in [3.05, 3.63) is 59.9 Å². The molecule has 1 saturated heterocycles. The molecule has 1 fully saturated rings. The molecule has 14 nitrogen and oxygen atoms in total. The number of tetrazole rings is 1. The van der Waals surface area contributed by atoms with Gasteiger partial charge >= 0.3 is 12.1 Å². The Morgan fingerprint density at radius 2 is 1.79 bits per heavy atom. The molecule has 1 aliphatic heterocycles. The molecule has 0 N–H and O–H groups in total.